The predicted octanol–water partition coefficient (Wildman–Crippen LogP) is -0.0902. The monoisotopic (exact) mass is 182 g/mol. The molecular formula is C8H14N4O. The van der Waals surface area contributed by atoms with Crippen LogP contribution in [0.3, 0.4) is 0 Å². The van der Waals surface area contributed by atoms with Gasteiger partial charge in [-0.3, -0.25) is 9.48 Å². The molecule has 0 aliphatic carbocycles. The number of hydrogen-bond acceptors (Lipinski definition) is 3. The van der Waals surface area contributed by atoms with E-state index in [9.17, 15) is 4.79 Å². The van der Waals surface area contributed by atoms with E-state index >= 15 is 0 Å². The number of amides is 1. The maximum atomic E-state index is 10.9. The third kappa shape index (κ3) is 2.47. The maximum absolute atomic E-state index is 10.9. The fraction of sp³-hybridized carbons (Fsp3) is 0.500. The van der Waals surface area contributed by atoms with E-state index < -0.39 is 0 Å². The second kappa shape index (κ2) is 3.93. The summed E-state index contributed by atoms with van der Waals surface area (Å²) in [5.74, 6) is 0.531. The zero-order chi connectivity index (χ0) is 9.84. The Bertz CT molecular complexity index is 286. The van der Waals surface area contributed by atoms with Crippen LogP contribution in [0.2, 0.25) is 0 Å². The van der Waals surface area contributed by atoms with E-state index in [1.165, 1.54) is 0 Å². The summed E-state index contributed by atoms with van der Waals surface area (Å²) in [4.78, 5) is 10.9. The number of aromatic nitrogens is 2. The molecule has 0 aliphatic rings. The standard InChI is InChI=1S/C8H14N4O/c1-6-5-12(11-8(6)9)4-3-7(13)10-2/h5H,3-4H2,1-2H3,(H2,9,11)(H,10,13). The number of rotatable bonds is 3. The number of nitrogens with zero attached hydrogens (tertiary/aromatic N) is 2. The van der Waals surface area contributed by atoms with Crippen LogP contribution in [0, 0.1) is 6.92 Å². The molecule has 5 nitrogen and oxygen atoms in total. The summed E-state index contributed by atoms with van der Waals surface area (Å²) in [6, 6.07) is 0. The van der Waals surface area contributed by atoms with Crippen LogP contribution in [0.4, 0.5) is 5.82 Å². The van der Waals surface area contributed by atoms with Crippen LogP contribution in [-0.2, 0) is 11.3 Å². The molecule has 0 aliphatic heterocycles. The normalized spacial score (nSPS) is 10.0. The van der Waals surface area contributed by atoms with Crippen LogP contribution >= 0.6 is 0 Å². The molecule has 5 heteroatoms. The smallest absolute Gasteiger partial charge is 0.221 e. The second-order valence-electron chi connectivity index (χ2n) is 2.88. The molecule has 1 amide bonds. The molecule has 1 heterocycles. The number of nitrogens with two attached hydrogens (primary N) is 1. The topological polar surface area (TPSA) is 72.9 Å². The van der Waals surface area contributed by atoms with Gasteiger partial charge in [0.15, 0.2) is 0 Å². The highest BCUT2D eigenvalue weighted by Crippen LogP contribution is 2.06. The molecule has 0 unspecified atom stereocenters. The minimum Gasteiger partial charge on any atom is -0.382 e. The molecule has 0 spiro atoms. The Hall–Kier alpha value is -1.52. The number of aryl methyl sites for hydroxylation is 2. The molecule has 0 fully saturated rings. The van der Waals surface area contributed by atoms with Gasteiger partial charge in [-0.05, 0) is 6.92 Å². The van der Waals surface area contributed by atoms with E-state index in [0.717, 1.165) is 5.56 Å². The quantitative estimate of drug-likeness (QED) is 0.686. The van der Waals surface area contributed by atoms with Crippen molar-refractivity contribution in [3.05, 3.63) is 11.8 Å². The zero-order valence-corrected chi connectivity index (χ0v) is 7.87. The van der Waals surface area contributed by atoms with Gasteiger partial charge in [0.25, 0.3) is 0 Å². The number of carbonyl (C=O) groups is 1. The molecule has 0 radical (unpaired) electrons. The fourth-order valence-electron chi connectivity index (χ4n) is 0.991. The van der Waals surface area contributed by atoms with Crippen molar-refractivity contribution in [2.75, 3.05) is 12.8 Å². The summed E-state index contributed by atoms with van der Waals surface area (Å²) in [6.45, 7) is 2.45. The summed E-state index contributed by atoms with van der Waals surface area (Å²) in [6.07, 6.45) is 2.26. The molecule has 1 aromatic heterocycles. The van der Waals surface area contributed by atoms with Crippen LogP contribution in [0.15, 0.2) is 6.20 Å². The molecular weight excluding hydrogens is 168 g/mol. The van der Waals surface area contributed by atoms with Gasteiger partial charge in [0.1, 0.15) is 5.82 Å². The molecule has 0 aromatic carbocycles. The lowest BCUT2D eigenvalue weighted by Gasteiger charge is -1.99. The Morgan fingerprint density at radius 1 is 1.77 bits per heavy atom. The Labute approximate surface area is 76.9 Å². The van der Waals surface area contributed by atoms with Crippen LogP contribution in [0.25, 0.3) is 0 Å². The minimum atomic E-state index is 0.00623. The molecule has 0 saturated carbocycles. The number of anilines is 1. The molecule has 0 bridgehead atoms. The van der Waals surface area contributed by atoms with Crippen molar-refractivity contribution in [3.63, 3.8) is 0 Å². The maximum Gasteiger partial charge on any atom is 0.221 e. The highest BCUT2D eigenvalue weighted by Gasteiger charge is 2.02. The van der Waals surface area contributed by atoms with Crippen LogP contribution in [0.1, 0.15) is 12.0 Å². The summed E-state index contributed by atoms with van der Waals surface area (Å²) < 4.78 is 1.68. The van der Waals surface area contributed by atoms with E-state index in [4.69, 9.17) is 5.73 Å². The van der Waals surface area contributed by atoms with Crippen molar-refractivity contribution in [1.82, 2.24) is 15.1 Å². The van der Waals surface area contributed by atoms with E-state index in [1.54, 1.807) is 11.7 Å². The first kappa shape index (κ1) is 9.57. The third-order valence-corrected chi connectivity index (χ3v) is 1.83. The Morgan fingerprint density at radius 2 is 2.46 bits per heavy atom. The zero-order valence-electron chi connectivity index (χ0n) is 7.87. The predicted molar refractivity (Wildman–Crippen MR) is 50.1 cm³/mol. The highest BCUT2D eigenvalue weighted by atomic mass is 16.1. The summed E-state index contributed by atoms with van der Waals surface area (Å²) in [5, 5.41) is 6.58. The van der Waals surface area contributed by atoms with Crippen molar-refractivity contribution in [2.24, 2.45) is 0 Å². The van der Waals surface area contributed by atoms with Gasteiger partial charge in [-0.15, -0.1) is 0 Å². The number of nitrogens with one attached hydrogen (secondary N) is 1. The molecule has 0 saturated heterocycles. The minimum absolute atomic E-state index is 0.00623. The highest BCUT2D eigenvalue weighted by molar-refractivity contribution is 5.75. The lowest BCUT2D eigenvalue weighted by Crippen LogP contribution is -2.19. The van der Waals surface area contributed by atoms with Crippen molar-refractivity contribution in [2.45, 2.75) is 19.9 Å². The molecule has 0 atom stereocenters. The van der Waals surface area contributed by atoms with E-state index in [1.807, 2.05) is 13.1 Å². The van der Waals surface area contributed by atoms with E-state index in [2.05, 4.69) is 10.4 Å². The Balaban J connectivity index is 2.50. The first-order valence-electron chi connectivity index (χ1n) is 4.13. The molecule has 3 N–H and O–H groups in total. The number of hydrogen-bond donors (Lipinski definition) is 2. The first-order chi connectivity index (χ1) is 6.13. The molecule has 13 heavy (non-hydrogen) atoms. The Morgan fingerprint density at radius 3 is 2.92 bits per heavy atom. The summed E-state index contributed by atoms with van der Waals surface area (Å²) >= 11 is 0. The number of nitrogen functional groups attached to an aromatic ring is 1. The summed E-state index contributed by atoms with van der Waals surface area (Å²) in [7, 11) is 1.62. The second-order valence-corrected chi connectivity index (χ2v) is 2.88. The Kier molecular flexibility index (Phi) is 2.89. The fourth-order valence-corrected chi connectivity index (χ4v) is 0.991. The van der Waals surface area contributed by atoms with Crippen LogP contribution in [0.5, 0.6) is 0 Å². The van der Waals surface area contributed by atoms with E-state index in [0.29, 0.717) is 18.8 Å². The van der Waals surface area contributed by atoms with Crippen molar-refractivity contribution < 1.29 is 4.79 Å². The van der Waals surface area contributed by atoms with Crippen LogP contribution in [-0.4, -0.2) is 22.7 Å². The largest absolute Gasteiger partial charge is 0.382 e. The van der Waals surface area contributed by atoms with Gasteiger partial charge < -0.3 is 11.1 Å². The molecule has 1 rings (SSSR count). The average Bonchev–Trinajstić information content (AvgIpc) is 2.42. The molecule has 1 aromatic rings. The van der Waals surface area contributed by atoms with Gasteiger partial charge in [0, 0.05) is 31.8 Å². The van der Waals surface area contributed by atoms with Gasteiger partial charge >= 0.3 is 0 Å². The molecule has 72 valence electrons. The SMILES string of the molecule is CNC(=O)CCn1cc(C)c(N)n1. The summed E-state index contributed by atoms with van der Waals surface area (Å²) in [5.41, 5.74) is 6.49. The van der Waals surface area contributed by atoms with Crippen molar-refractivity contribution in [1.29, 1.82) is 0 Å². The third-order valence-electron chi connectivity index (χ3n) is 1.83. The van der Waals surface area contributed by atoms with Crippen molar-refractivity contribution >= 4 is 11.7 Å². The lowest BCUT2D eigenvalue weighted by molar-refractivity contribution is -0.120. The van der Waals surface area contributed by atoms with Crippen molar-refractivity contribution in [3.8, 4) is 0 Å². The number of carbonyl (C=O) groups excluding carboxylic acids is 1. The lowest BCUT2D eigenvalue weighted by atomic mass is 10.4. The van der Waals surface area contributed by atoms with Gasteiger partial charge in [-0.1, -0.05) is 0 Å². The van der Waals surface area contributed by atoms with Gasteiger partial charge in [0.2, 0.25) is 5.91 Å². The van der Waals surface area contributed by atoms with Gasteiger partial charge in [0.05, 0.1) is 0 Å². The average molecular weight is 182 g/mol. The van der Waals surface area contributed by atoms with E-state index in [-0.39, 0.29) is 5.91 Å². The first-order valence-corrected chi connectivity index (χ1v) is 4.13. The van der Waals surface area contributed by atoms with Gasteiger partial charge in [-0.25, -0.2) is 0 Å². The van der Waals surface area contributed by atoms with Crippen LogP contribution < -0.4 is 11.1 Å². The van der Waals surface area contributed by atoms with Gasteiger partial charge in [-0.2, -0.15) is 5.10 Å².